The van der Waals surface area contributed by atoms with E-state index in [1.807, 2.05) is 0 Å². The van der Waals surface area contributed by atoms with Crippen molar-refractivity contribution in [2.24, 2.45) is 5.73 Å². The fraction of sp³-hybridized carbons (Fsp3) is 0.154. The molecule has 0 amide bonds. The van der Waals surface area contributed by atoms with Crippen LogP contribution in [0.3, 0.4) is 0 Å². The average Bonchev–Trinajstić information content (AvgIpc) is 2.38. The quantitative estimate of drug-likeness (QED) is 0.928. The zero-order valence-electron chi connectivity index (χ0n) is 9.82. The zero-order chi connectivity index (χ0) is 13.9. The van der Waals surface area contributed by atoms with Crippen molar-refractivity contribution in [1.82, 2.24) is 4.98 Å². The Labute approximate surface area is 107 Å². The van der Waals surface area contributed by atoms with Crippen LogP contribution in [0.1, 0.15) is 11.1 Å². The number of ether oxygens (including phenoxy) is 1. The van der Waals surface area contributed by atoms with E-state index in [1.165, 1.54) is 18.3 Å². The summed E-state index contributed by atoms with van der Waals surface area (Å²) in [6.07, 6.45) is -2.82. The highest BCUT2D eigenvalue weighted by molar-refractivity contribution is 5.32. The molecule has 3 nitrogen and oxygen atoms in total. The second-order valence-corrected chi connectivity index (χ2v) is 3.83. The summed E-state index contributed by atoms with van der Waals surface area (Å²) in [5, 5.41) is 0. The molecule has 6 heteroatoms. The number of alkyl halides is 3. The summed E-state index contributed by atoms with van der Waals surface area (Å²) < 4.78 is 42.5. The van der Waals surface area contributed by atoms with Gasteiger partial charge in [-0.1, -0.05) is 0 Å². The standard InChI is InChI=1S/C13H11F3N2O/c14-13(15,16)10-1-3-11(4-2-10)19-12-7-9(8-17)5-6-18-12/h1-7H,8,17H2. The number of hydrogen-bond donors (Lipinski definition) is 1. The first-order valence-corrected chi connectivity index (χ1v) is 5.49. The number of halogens is 3. The third kappa shape index (κ3) is 3.45. The highest BCUT2D eigenvalue weighted by Crippen LogP contribution is 2.31. The molecule has 0 aliphatic rings. The van der Waals surface area contributed by atoms with Crippen LogP contribution in [-0.2, 0) is 12.7 Å². The van der Waals surface area contributed by atoms with Gasteiger partial charge in [-0.25, -0.2) is 4.98 Å². The van der Waals surface area contributed by atoms with Gasteiger partial charge in [0.05, 0.1) is 5.56 Å². The van der Waals surface area contributed by atoms with Crippen molar-refractivity contribution in [3.8, 4) is 11.6 Å². The SMILES string of the molecule is NCc1ccnc(Oc2ccc(C(F)(F)F)cc2)c1. The summed E-state index contributed by atoms with van der Waals surface area (Å²) in [6, 6.07) is 7.79. The first-order valence-electron chi connectivity index (χ1n) is 5.49. The summed E-state index contributed by atoms with van der Waals surface area (Å²) >= 11 is 0. The van der Waals surface area contributed by atoms with Crippen molar-refractivity contribution >= 4 is 0 Å². The summed E-state index contributed by atoms with van der Waals surface area (Å²) in [7, 11) is 0. The molecule has 2 N–H and O–H groups in total. The van der Waals surface area contributed by atoms with E-state index < -0.39 is 11.7 Å². The van der Waals surface area contributed by atoms with E-state index in [-0.39, 0.29) is 5.75 Å². The molecule has 19 heavy (non-hydrogen) atoms. The molecule has 2 rings (SSSR count). The Morgan fingerprint density at radius 1 is 1.11 bits per heavy atom. The number of rotatable bonds is 3. The molecular formula is C13H11F3N2O. The van der Waals surface area contributed by atoms with Gasteiger partial charge in [0.1, 0.15) is 5.75 Å². The van der Waals surface area contributed by atoms with Crippen molar-refractivity contribution in [3.63, 3.8) is 0 Å². The maximum Gasteiger partial charge on any atom is 0.416 e. The Balaban J connectivity index is 2.15. The predicted octanol–water partition coefficient (Wildman–Crippen LogP) is 3.35. The van der Waals surface area contributed by atoms with Gasteiger partial charge in [0, 0.05) is 18.8 Å². The molecule has 0 atom stereocenters. The van der Waals surface area contributed by atoms with E-state index >= 15 is 0 Å². The summed E-state index contributed by atoms with van der Waals surface area (Å²) in [5.41, 5.74) is 5.58. The monoisotopic (exact) mass is 268 g/mol. The van der Waals surface area contributed by atoms with Gasteiger partial charge in [-0.2, -0.15) is 13.2 Å². The van der Waals surface area contributed by atoms with Crippen LogP contribution in [0.25, 0.3) is 0 Å². The molecule has 100 valence electrons. The predicted molar refractivity (Wildman–Crippen MR) is 63.6 cm³/mol. The van der Waals surface area contributed by atoms with E-state index in [2.05, 4.69) is 4.98 Å². The highest BCUT2D eigenvalue weighted by atomic mass is 19.4. The first-order chi connectivity index (χ1) is 8.99. The molecule has 0 saturated carbocycles. The molecule has 0 aliphatic carbocycles. The minimum Gasteiger partial charge on any atom is -0.439 e. The van der Waals surface area contributed by atoms with Crippen LogP contribution < -0.4 is 10.5 Å². The van der Waals surface area contributed by atoms with E-state index in [9.17, 15) is 13.2 Å². The maximum atomic E-state index is 12.4. The van der Waals surface area contributed by atoms with Gasteiger partial charge in [0.25, 0.3) is 0 Å². The van der Waals surface area contributed by atoms with Gasteiger partial charge in [-0.15, -0.1) is 0 Å². The number of aromatic nitrogens is 1. The van der Waals surface area contributed by atoms with Crippen molar-refractivity contribution in [1.29, 1.82) is 0 Å². The fourth-order valence-electron chi connectivity index (χ4n) is 1.47. The molecule has 0 saturated heterocycles. The second-order valence-electron chi connectivity index (χ2n) is 3.83. The van der Waals surface area contributed by atoms with Gasteiger partial charge < -0.3 is 10.5 Å². The molecule has 1 aromatic carbocycles. The second kappa shape index (κ2) is 5.27. The zero-order valence-corrected chi connectivity index (χ0v) is 9.82. The van der Waals surface area contributed by atoms with Crippen LogP contribution in [0.15, 0.2) is 42.6 Å². The third-order valence-electron chi connectivity index (χ3n) is 2.44. The Kier molecular flexibility index (Phi) is 3.71. The average molecular weight is 268 g/mol. The van der Waals surface area contributed by atoms with Gasteiger partial charge in [0.2, 0.25) is 5.88 Å². The lowest BCUT2D eigenvalue weighted by atomic mass is 10.2. The normalized spacial score (nSPS) is 11.4. The Bertz CT molecular complexity index is 553. The number of benzene rings is 1. The molecule has 0 bridgehead atoms. The molecule has 2 aromatic rings. The van der Waals surface area contributed by atoms with Crippen molar-refractivity contribution in [3.05, 3.63) is 53.7 Å². The third-order valence-corrected chi connectivity index (χ3v) is 2.44. The molecular weight excluding hydrogens is 257 g/mol. The van der Waals surface area contributed by atoms with Crippen molar-refractivity contribution in [2.75, 3.05) is 0 Å². The highest BCUT2D eigenvalue weighted by Gasteiger charge is 2.30. The molecule has 0 fully saturated rings. The van der Waals surface area contributed by atoms with Crippen LogP contribution in [0.2, 0.25) is 0 Å². The summed E-state index contributed by atoms with van der Waals surface area (Å²) in [5.74, 6) is 0.581. The van der Waals surface area contributed by atoms with E-state index in [4.69, 9.17) is 10.5 Å². The number of pyridine rings is 1. The number of nitrogens with two attached hydrogens (primary N) is 1. The molecule has 0 unspecified atom stereocenters. The van der Waals surface area contributed by atoms with E-state index in [0.717, 1.165) is 17.7 Å². The largest absolute Gasteiger partial charge is 0.439 e. The Hall–Kier alpha value is -2.08. The fourth-order valence-corrected chi connectivity index (χ4v) is 1.47. The van der Waals surface area contributed by atoms with Crippen molar-refractivity contribution < 1.29 is 17.9 Å². The van der Waals surface area contributed by atoms with Gasteiger partial charge in [0.15, 0.2) is 0 Å². The Morgan fingerprint density at radius 3 is 2.37 bits per heavy atom. The van der Waals surface area contributed by atoms with E-state index in [0.29, 0.717) is 12.4 Å². The lowest BCUT2D eigenvalue weighted by Gasteiger charge is -2.08. The van der Waals surface area contributed by atoms with Gasteiger partial charge in [-0.05, 0) is 35.9 Å². The van der Waals surface area contributed by atoms with E-state index in [1.54, 1.807) is 12.1 Å². The van der Waals surface area contributed by atoms with Crippen LogP contribution in [0.4, 0.5) is 13.2 Å². The van der Waals surface area contributed by atoms with Crippen molar-refractivity contribution in [2.45, 2.75) is 12.7 Å². The lowest BCUT2D eigenvalue weighted by Crippen LogP contribution is -2.04. The van der Waals surface area contributed by atoms with Crippen LogP contribution >= 0.6 is 0 Å². The summed E-state index contributed by atoms with van der Waals surface area (Å²) in [6.45, 7) is 0.339. The minimum absolute atomic E-state index is 0.287. The Morgan fingerprint density at radius 2 is 1.79 bits per heavy atom. The maximum absolute atomic E-state index is 12.4. The van der Waals surface area contributed by atoms with Crippen LogP contribution in [0, 0.1) is 0 Å². The molecule has 0 radical (unpaired) electrons. The summed E-state index contributed by atoms with van der Waals surface area (Å²) in [4.78, 5) is 3.95. The number of hydrogen-bond acceptors (Lipinski definition) is 3. The molecule has 0 spiro atoms. The van der Waals surface area contributed by atoms with Crippen LogP contribution in [0.5, 0.6) is 11.6 Å². The molecule has 0 aliphatic heterocycles. The smallest absolute Gasteiger partial charge is 0.416 e. The minimum atomic E-state index is -4.35. The topological polar surface area (TPSA) is 48.1 Å². The first kappa shape index (κ1) is 13.4. The lowest BCUT2D eigenvalue weighted by molar-refractivity contribution is -0.137. The van der Waals surface area contributed by atoms with Gasteiger partial charge in [-0.3, -0.25) is 0 Å². The van der Waals surface area contributed by atoms with Crippen LogP contribution in [-0.4, -0.2) is 4.98 Å². The number of nitrogens with zero attached hydrogens (tertiary/aromatic N) is 1. The molecule has 1 heterocycles. The van der Waals surface area contributed by atoms with Gasteiger partial charge >= 0.3 is 6.18 Å². The molecule has 1 aromatic heterocycles.